The minimum atomic E-state index is -3.60. The van der Waals surface area contributed by atoms with Crippen LogP contribution in [-0.4, -0.2) is 70.3 Å². The highest BCUT2D eigenvalue weighted by molar-refractivity contribution is 7.89. The predicted octanol–water partition coefficient (Wildman–Crippen LogP) is 2.03. The lowest BCUT2D eigenvalue weighted by Crippen LogP contribution is -2.45. The molecule has 1 amide bonds. The molecule has 0 radical (unpaired) electrons. The molecule has 180 valence electrons. The number of piperidine rings is 2. The zero-order chi connectivity index (χ0) is 23.6. The predicted molar refractivity (Wildman–Crippen MR) is 128 cm³/mol. The van der Waals surface area contributed by atoms with E-state index in [1.807, 2.05) is 30.3 Å². The number of benzene rings is 2. The molecule has 2 aromatic carbocycles. The average Bonchev–Trinajstić information content (AvgIpc) is 2.82. The standard InChI is InChI=1S/C23H31N3O5S2/c1-32(28,29)25-12-8-18(9-13-25)17-24-23(27)20-10-14-26(15-11-20)33(30,31)22-7-6-19-4-2-3-5-21(19)16-22/h2-7,16,18,20H,8-15,17H2,1H3,(H,24,27). The molecule has 0 aromatic heterocycles. The van der Waals surface area contributed by atoms with Crippen LogP contribution in [0, 0.1) is 11.8 Å². The number of sulfonamides is 2. The zero-order valence-corrected chi connectivity index (χ0v) is 20.4. The van der Waals surface area contributed by atoms with Crippen molar-refractivity contribution in [2.24, 2.45) is 11.8 Å². The first-order valence-electron chi connectivity index (χ1n) is 11.4. The number of hydrogen-bond donors (Lipinski definition) is 1. The summed E-state index contributed by atoms with van der Waals surface area (Å²) < 4.78 is 52.4. The largest absolute Gasteiger partial charge is 0.356 e. The van der Waals surface area contributed by atoms with E-state index in [9.17, 15) is 21.6 Å². The first-order valence-corrected chi connectivity index (χ1v) is 14.7. The fourth-order valence-corrected chi connectivity index (χ4v) is 7.05. The molecule has 8 nitrogen and oxygen atoms in total. The first kappa shape index (κ1) is 24.1. The van der Waals surface area contributed by atoms with Gasteiger partial charge in [0.2, 0.25) is 26.0 Å². The van der Waals surface area contributed by atoms with E-state index in [1.165, 1.54) is 14.9 Å². The Bertz CT molecular complexity index is 1210. The molecule has 2 fully saturated rings. The van der Waals surface area contributed by atoms with Gasteiger partial charge in [0.1, 0.15) is 0 Å². The lowest BCUT2D eigenvalue weighted by molar-refractivity contribution is -0.126. The third kappa shape index (κ3) is 5.56. The van der Waals surface area contributed by atoms with Crippen LogP contribution in [0.15, 0.2) is 47.4 Å². The van der Waals surface area contributed by atoms with Gasteiger partial charge in [0, 0.05) is 38.6 Å². The Morgan fingerprint density at radius 2 is 1.48 bits per heavy atom. The van der Waals surface area contributed by atoms with Gasteiger partial charge in [0.25, 0.3) is 0 Å². The molecule has 2 saturated heterocycles. The molecular formula is C23H31N3O5S2. The van der Waals surface area contributed by atoms with Crippen LogP contribution in [0.3, 0.4) is 0 Å². The van der Waals surface area contributed by atoms with Crippen LogP contribution < -0.4 is 5.32 Å². The van der Waals surface area contributed by atoms with Crippen LogP contribution in [0.5, 0.6) is 0 Å². The van der Waals surface area contributed by atoms with Crippen molar-refractivity contribution in [3.05, 3.63) is 42.5 Å². The average molecular weight is 494 g/mol. The highest BCUT2D eigenvalue weighted by Crippen LogP contribution is 2.26. The lowest BCUT2D eigenvalue weighted by atomic mass is 9.95. The summed E-state index contributed by atoms with van der Waals surface area (Å²) in [6, 6.07) is 12.8. The molecule has 4 rings (SSSR count). The topological polar surface area (TPSA) is 104 Å². The van der Waals surface area contributed by atoms with E-state index in [-0.39, 0.29) is 22.6 Å². The SMILES string of the molecule is CS(=O)(=O)N1CCC(CNC(=O)C2CCN(S(=O)(=O)c3ccc4ccccc4c3)CC2)CC1. The highest BCUT2D eigenvalue weighted by Gasteiger charge is 2.32. The van der Waals surface area contributed by atoms with Crippen molar-refractivity contribution in [2.45, 2.75) is 30.6 Å². The van der Waals surface area contributed by atoms with Gasteiger partial charge in [0.15, 0.2) is 0 Å². The second-order valence-corrected chi connectivity index (χ2v) is 13.0. The van der Waals surface area contributed by atoms with Gasteiger partial charge in [-0.3, -0.25) is 4.79 Å². The number of carbonyl (C=O) groups is 1. The summed E-state index contributed by atoms with van der Waals surface area (Å²) in [6.07, 6.45) is 3.67. The molecule has 0 unspecified atom stereocenters. The van der Waals surface area contributed by atoms with E-state index in [1.54, 1.807) is 12.1 Å². The van der Waals surface area contributed by atoms with E-state index in [4.69, 9.17) is 0 Å². The maximum absolute atomic E-state index is 13.1. The second kappa shape index (κ2) is 9.69. The minimum absolute atomic E-state index is 0.0386. The zero-order valence-electron chi connectivity index (χ0n) is 18.8. The van der Waals surface area contributed by atoms with E-state index in [0.717, 1.165) is 23.6 Å². The summed E-state index contributed by atoms with van der Waals surface area (Å²) in [5, 5.41) is 4.88. The summed E-state index contributed by atoms with van der Waals surface area (Å²) in [4.78, 5) is 12.9. The smallest absolute Gasteiger partial charge is 0.243 e. The van der Waals surface area contributed by atoms with Gasteiger partial charge in [0.05, 0.1) is 11.2 Å². The Kier molecular flexibility index (Phi) is 7.09. The van der Waals surface area contributed by atoms with Crippen LogP contribution in [0.4, 0.5) is 0 Å². The molecule has 2 aliphatic heterocycles. The quantitative estimate of drug-likeness (QED) is 0.663. The number of nitrogens with zero attached hydrogens (tertiary/aromatic N) is 2. The van der Waals surface area contributed by atoms with E-state index in [0.29, 0.717) is 45.6 Å². The van der Waals surface area contributed by atoms with Crippen molar-refractivity contribution in [1.82, 2.24) is 13.9 Å². The second-order valence-electron chi connectivity index (χ2n) is 9.04. The van der Waals surface area contributed by atoms with Gasteiger partial charge in [-0.25, -0.2) is 21.1 Å². The molecule has 33 heavy (non-hydrogen) atoms. The Morgan fingerprint density at radius 3 is 2.12 bits per heavy atom. The van der Waals surface area contributed by atoms with Gasteiger partial charge in [-0.05, 0) is 54.5 Å². The fourth-order valence-electron chi connectivity index (χ4n) is 4.67. The molecule has 2 aliphatic rings. The van der Waals surface area contributed by atoms with Crippen molar-refractivity contribution in [1.29, 1.82) is 0 Å². The minimum Gasteiger partial charge on any atom is -0.356 e. The Labute approximate surface area is 196 Å². The Hall–Kier alpha value is -2.01. The number of fused-ring (bicyclic) bond motifs is 1. The molecule has 0 bridgehead atoms. The summed E-state index contributed by atoms with van der Waals surface area (Å²) in [5.41, 5.74) is 0. The number of hydrogen-bond acceptors (Lipinski definition) is 5. The van der Waals surface area contributed by atoms with E-state index >= 15 is 0 Å². The monoisotopic (exact) mass is 493 g/mol. The molecule has 2 aromatic rings. The molecule has 1 N–H and O–H groups in total. The third-order valence-electron chi connectivity index (χ3n) is 6.79. The summed E-state index contributed by atoms with van der Waals surface area (Å²) in [5.74, 6) is 0.0211. The van der Waals surface area contributed by atoms with Crippen LogP contribution in [0.1, 0.15) is 25.7 Å². The maximum atomic E-state index is 13.1. The number of nitrogens with one attached hydrogen (secondary N) is 1. The molecule has 0 saturated carbocycles. The van der Waals surface area contributed by atoms with Crippen LogP contribution in [-0.2, 0) is 24.8 Å². The van der Waals surface area contributed by atoms with E-state index in [2.05, 4.69) is 5.32 Å². The van der Waals surface area contributed by atoms with Gasteiger partial charge in [-0.2, -0.15) is 4.31 Å². The van der Waals surface area contributed by atoms with Gasteiger partial charge in [-0.1, -0.05) is 30.3 Å². The number of carbonyl (C=O) groups excluding carboxylic acids is 1. The van der Waals surface area contributed by atoms with Crippen molar-refractivity contribution >= 4 is 36.7 Å². The molecule has 10 heteroatoms. The van der Waals surface area contributed by atoms with Crippen LogP contribution >= 0.6 is 0 Å². The van der Waals surface area contributed by atoms with Crippen molar-refractivity contribution in [3.63, 3.8) is 0 Å². The van der Waals surface area contributed by atoms with Crippen molar-refractivity contribution in [2.75, 3.05) is 39.0 Å². The Balaban J connectivity index is 1.28. The third-order valence-corrected chi connectivity index (χ3v) is 9.99. The van der Waals surface area contributed by atoms with Gasteiger partial charge < -0.3 is 5.32 Å². The highest BCUT2D eigenvalue weighted by atomic mass is 32.2. The van der Waals surface area contributed by atoms with Crippen LogP contribution in [0.2, 0.25) is 0 Å². The molecule has 2 heterocycles. The Morgan fingerprint density at radius 1 is 0.879 bits per heavy atom. The van der Waals surface area contributed by atoms with E-state index < -0.39 is 20.0 Å². The molecular weight excluding hydrogens is 462 g/mol. The molecule has 0 spiro atoms. The van der Waals surface area contributed by atoms with Crippen LogP contribution in [0.25, 0.3) is 10.8 Å². The van der Waals surface area contributed by atoms with Gasteiger partial charge in [-0.15, -0.1) is 0 Å². The summed E-state index contributed by atoms with van der Waals surface area (Å²) in [6.45, 7) is 2.15. The number of amides is 1. The first-order chi connectivity index (χ1) is 15.6. The fraction of sp³-hybridized carbons (Fsp3) is 0.522. The normalized spacial score (nSPS) is 20.2. The molecule has 0 atom stereocenters. The number of rotatable bonds is 6. The summed E-state index contributed by atoms with van der Waals surface area (Å²) in [7, 11) is -6.76. The van der Waals surface area contributed by atoms with Gasteiger partial charge >= 0.3 is 0 Å². The summed E-state index contributed by atoms with van der Waals surface area (Å²) >= 11 is 0. The lowest BCUT2D eigenvalue weighted by Gasteiger charge is -2.32. The molecule has 0 aliphatic carbocycles. The van der Waals surface area contributed by atoms with Crippen molar-refractivity contribution in [3.8, 4) is 0 Å². The maximum Gasteiger partial charge on any atom is 0.243 e. The van der Waals surface area contributed by atoms with Crippen molar-refractivity contribution < 1.29 is 21.6 Å².